The van der Waals surface area contributed by atoms with Crippen LogP contribution in [0.5, 0.6) is 0 Å². The normalized spacial score (nSPS) is 16.7. The van der Waals surface area contributed by atoms with Crippen molar-refractivity contribution in [1.29, 1.82) is 0 Å². The third-order valence-electron chi connectivity index (χ3n) is 3.39. The first-order valence-electron chi connectivity index (χ1n) is 6.86. The maximum absolute atomic E-state index is 12.2. The molecular weight excluding hydrogens is 316 g/mol. The molecule has 1 aliphatic rings. The zero-order chi connectivity index (χ0) is 14.6. The molecule has 1 fully saturated rings. The number of rotatable bonds is 6. The van der Waals surface area contributed by atoms with Gasteiger partial charge in [-0.2, -0.15) is 0 Å². The molecule has 0 saturated carbocycles. The van der Waals surface area contributed by atoms with Crippen molar-refractivity contribution < 1.29 is 12.9 Å². The van der Waals surface area contributed by atoms with E-state index in [-0.39, 0.29) is 17.3 Å². The molecule has 0 aromatic carbocycles. The lowest BCUT2D eigenvalue weighted by atomic mass is 10.3. The molecule has 2 N–H and O–H groups in total. The van der Waals surface area contributed by atoms with Crippen molar-refractivity contribution in [2.45, 2.75) is 25.2 Å². The number of sulfonamides is 1. The minimum atomic E-state index is -3.52. The second kappa shape index (κ2) is 8.09. The third-order valence-corrected chi connectivity index (χ3v) is 5.09. The lowest BCUT2D eigenvalue weighted by Crippen LogP contribution is -2.44. The largest absolute Gasteiger partial charge is 0.360 e. The molecule has 9 heteroatoms. The molecule has 2 rings (SSSR count). The third kappa shape index (κ3) is 4.93. The second-order valence-electron chi connectivity index (χ2n) is 5.00. The summed E-state index contributed by atoms with van der Waals surface area (Å²) >= 11 is 0. The lowest BCUT2D eigenvalue weighted by molar-refractivity contribution is 0.239. The smallest absolute Gasteiger partial charge is 0.245 e. The monoisotopic (exact) mass is 338 g/mol. The molecule has 21 heavy (non-hydrogen) atoms. The highest BCUT2D eigenvalue weighted by Gasteiger charge is 2.23. The minimum absolute atomic E-state index is 0. The van der Waals surface area contributed by atoms with Gasteiger partial charge in [-0.05, 0) is 26.8 Å². The van der Waals surface area contributed by atoms with E-state index in [2.05, 4.69) is 20.1 Å². The Morgan fingerprint density at radius 3 is 2.57 bits per heavy atom. The molecule has 0 aliphatic carbocycles. The maximum atomic E-state index is 12.2. The fourth-order valence-electron chi connectivity index (χ4n) is 2.37. The number of nitrogens with zero attached hydrogens (tertiary/aromatic N) is 2. The van der Waals surface area contributed by atoms with E-state index in [0.29, 0.717) is 18.0 Å². The van der Waals surface area contributed by atoms with Crippen molar-refractivity contribution in [3.05, 3.63) is 11.5 Å². The molecule has 0 unspecified atom stereocenters. The quantitative estimate of drug-likeness (QED) is 0.725. The standard InChI is InChI=1S/C12H22N4O3S.ClH/c1-10-12(11(2)19-15-10)20(17,18)14-4-3-7-16-8-5-13-6-9-16;/h13-14H,3-9H2,1-2H3;1H. The Bertz CT molecular complexity index is 521. The van der Waals surface area contributed by atoms with Gasteiger partial charge in [0, 0.05) is 32.7 Å². The number of nitrogens with one attached hydrogen (secondary N) is 2. The fourth-order valence-corrected chi connectivity index (χ4v) is 3.77. The number of hydrogen-bond donors (Lipinski definition) is 2. The summed E-state index contributed by atoms with van der Waals surface area (Å²) in [7, 11) is -3.52. The van der Waals surface area contributed by atoms with Crippen LogP contribution in [-0.2, 0) is 10.0 Å². The fraction of sp³-hybridized carbons (Fsp3) is 0.750. The van der Waals surface area contributed by atoms with Crippen LogP contribution in [-0.4, -0.2) is 57.7 Å². The Hall–Kier alpha value is -0.670. The lowest BCUT2D eigenvalue weighted by Gasteiger charge is -2.27. The van der Waals surface area contributed by atoms with Crippen LogP contribution in [0.3, 0.4) is 0 Å². The van der Waals surface area contributed by atoms with Gasteiger partial charge in [0.25, 0.3) is 0 Å². The van der Waals surface area contributed by atoms with E-state index in [1.165, 1.54) is 0 Å². The summed E-state index contributed by atoms with van der Waals surface area (Å²) in [6, 6.07) is 0. The summed E-state index contributed by atoms with van der Waals surface area (Å²) in [6.45, 7) is 8.63. The highest BCUT2D eigenvalue weighted by molar-refractivity contribution is 7.89. The van der Waals surface area contributed by atoms with Crippen LogP contribution in [0.25, 0.3) is 0 Å². The van der Waals surface area contributed by atoms with E-state index >= 15 is 0 Å². The van der Waals surface area contributed by atoms with Crippen LogP contribution in [0.2, 0.25) is 0 Å². The molecule has 0 radical (unpaired) electrons. The van der Waals surface area contributed by atoms with Crippen LogP contribution < -0.4 is 10.0 Å². The highest BCUT2D eigenvalue weighted by Crippen LogP contribution is 2.18. The molecule has 0 amide bonds. The Balaban J connectivity index is 0.00000220. The molecular formula is C12H23ClN4O3S. The number of aromatic nitrogens is 1. The van der Waals surface area contributed by atoms with Crippen molar-refractivity contribution in [3.8, 4) is 0 Å². The van der Waals surface area contributed by atoms with Gasteiger partial charge in [-0.25, -0.2) is 13.1 Å². The summed E-state index contributed by atoms with van der Waals surface area (Å²) in [5.41, 5.74) is 0.400. The van der Waals surface area contributed by atoms with Gasteiger partial charge in [-0.1, -0.05) is 5.16 Å². The first kappa shape index (κ1) is 18.4. The molecule has 1 saturated heterocycles. The summed E-state index contributed by atoms with van der Waals surface area (Å²) in [5.74, 6) is 0.331. The summed E-state index contributed by atoms with van der Waals surface area (Å²) in [4.78, 5) is 2.50. The van der Waals surface area contributed by atoms with Crippen LogP contribution in [0.15, 0.2) is 9.42 Å². The average molecular weight is 339 g/mol. The number of hydrogen-bond acceptors (Lipinski definition) is 6. The second-order valence-corrected chi connectivity index (χ2v) is 6.70. The number of piperazine rings is 1. The first-order valence-corrected chi connectivity index (χ1v) is 8.34. The van der Waals surface area contributed by atoms with Crippen molar-refractivity contribution in [1.82, 2.24) is 20.1 Å². The van der Waals surface area contributed by atoms with Gasteiger partial charge in [0.1, 0.15) is 10.6 Å². The van der Waals surface area contributed by atoms with Gasteiger partial charge < -0.3 is 14.7 Å². The van der Waals surface area contributed by atoms with Gasteiger partial charge in [0.05, 0.1) is 0 Å². The Labute approximate surface area is 131 Å². The van der Waals surface area contributed by atoms with Crippen LogP contribution >= 0.6 is 12.4 Å². The van der Waals surface area contributed by atoms with E-state index in [4.69, 9.17) is 4.52 Å². The molecule has 0 spiro atoms. The average Bonchev–Trinajstić information content (AvgIpc) is 2.76. The molecule has 1 aliphatic heterocycles. The van der Waals surface area contributed by atoms with Crippen molar-refractivity contribution in [2.24, 2.45) is 0 Å². The van der Waals surface area contributed by atoms with Crippen LogP contribution in [0.4, 0.5) is 0 Å². The first-order chi connectivity index (χ1) is 9.50. The molecule has 1 aromatic rings. The van der Waals surface area contributed by atoms with Crippen molar-refractivity contribution in [3.63, 3.8) is 0 Å². The van der Waals surface area contributed by atoms with E-state index < -0.39 is 10.0 Å². The maximum Gasteiger partial charge on any atom is 0.245 e. The Morgan fingerprint density at radius 1 is 1.33 bits per heavy atom. The van der Waals surface area contributed by atoms with E-state index in [1.54, 1.807) is 13.8 Å². The van der Waals surface area contributed by atoms with Gasteiger partial charge in [-0.3, -0.25) is 0 Å². The SMILES string of the molecule is Cc1noc(C)c1S(=O)(=O)NCCCN1CCNCC1.Cl. The summed E-state index contributed by atoms with van der Waals surface area (Å²) in [5, 5.41) is 6.96. The minimum Gasteiger partial charge on any atom is -0.360 e. The van der Waals surface area contributed by atoms with Crippen molar-refractivity contribution in [2.75, 3.05) is 39.3 Å². The molecule has 1 aromatic heterocycles. The van der Waals surface area contributed by atoms with Crippen molar-refractivity contribution >= 4 is 22.4 Å². The van der Waals surface area contributed by atoms with Gasteiger partial charge >= 0.3 is 0 Å². The highest BCUT2D eigenvalue weighted by atomic mass is 35.5. The summed E-state index contributed by atoms with van der Waals surface area (Å²) in [6.07, 6.45) is 0.794. The van der Waals surface area contributed by atoms with E-state index in [9.17, 15) is 8.42 Å². The van der Waals surface area contributed by atoms with E-state index in [1.807, 2.05) is 0 Å². The topological polar surface area (TPSA) is 87.5 Å². The molecule has 122 valence electrons. The zero-order valence-electron chi connectivity index (χ0n) is 12.4. The van der Waals surface area contributed by atoms with Crippen LogP contribution in [0.1, 0.15) is 17.9 Å². The molecule has 0 atom stereocenters. The summed E-state index contributed by atoms with van der Waals surface area (Å²) < 4.78 is 31.8. The Morgan fingerprint density at radius 2 is 2.00 bits per heavy atom. The van der Waals surface area contributed by atoms with Gasteiger partial charge in [-0.15, -0.1) is 12.4 Å². The molecule has 0 bridgehead atoms. The zero-order valence-corrected chi connectivity index (χ0v) is 14.0. The number of aryl methyl sites for hydroxylation is 2. The van der Waals surface area contributed by atoms with Crippen LogP contribution in [0, 0.1) is 13.8 Å². The number of halogens is 1. The van der Waals surface area contributed by atoms with Gasteiger partial charge in [0.15, 0.2) is 5.76 Å². The molecule has 2 heterocycles. The predicted molar refractivity (Wildman–Crippen MR) is 82.3 cm³/mol. The van der Waals surface area contributed by atoms with Gasteiger partial charge in [0.2, 0.25) is 10.0 Å². The Kier molecular flexibility index (Phi) is 7.08. The molecule has 7 nitrogen and oxygen atoms in total. The van der Waals surface area contributed by atoms with E-state index in [0.717, 1.165) is 39.1 Å². The predicted octanol–water partition coefficient (Wildman–Crippen LogP) is 0.287.